The fraction of sp³-hybridized carbons (Fsp3) is 0.182. The smallest absolute Gasteiger partial charge is 0.261 e. The Hall–Kier alpha value is -2.97. The van der Waals surface area contributed by atoms with Gasteiger partial charge in [-0.2, -0.15) is 0 Å². The van der Waals surface area contributed by atoms with Crippen LogP contribution in [0, 0.1) is 13.8 Å². The number of hydrogen-bond donors (Lipinski definition) is 2. The molecule has 0 saturated heterocycles. The van der Waals surface area contributed by atoms with Gasteiger partial charge in [-0.1, -0.05) is 18.2 Å². The standard InChI is InChI=1S/C22H22N2O4S2/c1-15-8-9-19(13-16(15)2)30(27,28)24-18-6-3-5-17(14-18)23-22(26)11-10-20(25)21-7-4-12-29-21/h3-9,12-14,24H,10-11H2,1-2H3,(H,23,26). The van der Waals surface area contributed by atoms with Crippen LogP contribution in [0.1, 0.15) is 33.6 Å². The van der Waals surface area contributed by atoms with Gasteiger partial charge in [-0.05, 0) is 66.8 Å². The molecule has 30 heavy (non-hydrogen) atoms. The number of sulfonamides is 1. The highest BCUT2D eigenvalue weighted by Gasteiger charge is 2.15. The summed E-state index contributed by atoms with van der Waals surface area (Å²) >= 11 is 1.35. The number of nitrogens with one attached hydrogen (secondary N) is 2. The topological polar surface area (TPSA) is 92.3 Å². The Morgan fingerprint density at radius 3 is 2.37 bits per heavy atom. The van der Waals surface area contributed by atoms with E-state index in [9.17, 15) is 18.0 Å². The van der Waals surface area contributed by atoms with E-state index in [0.717, 1.165) is 11.1 Å². The van der Waals surface area contributed by atoms with Crippen molar-refractivity contribution in [3.63, 3.8) is 0 Å². The predicted molar refractivity (Wildman–Crippen MR) is 120 cm³/mol. The van der Waals surface area contributed by atoms with Crippen LogP contribution in [0.3, 0.4) is 0 Å². The average molecular weight is 443 g/mol. The Bertz CT molecular complexity index is 1170. The first-order chi connectivity index (χ1) is 14.2. The van der Waals surface area contributed by atoms with Gasteiger partial charge < -0.3 is 5.32 Å². The number of ketones is 1. The van der Waals surface area contributed by atoms with Gasteiger partial charge in [-0.25, -0.2) is 8.42 Å². The third kappa shape index (κ3) is 5.55. The highest BCUT2D eigenvalue weighted by Crippen LogP contribution is 2.21. The van der Waals surface area contributed by atoms with E-state index >= 15 is 0 Å². The number of thiophene rings is 1. The first kappa shape index (κ1) is 21.7. The van der Waals surface area contributed by atoms with E-state index in [2.05, 4.69) is 10.0 Å². The molecule has 1 heterocycles. The molecule has 2 N–H and O–H groups in total. The Labute approximate surface area is 180 Å². The highest BCUT2D eigenvalue weighted by molar-refractivity contribution is 7.92. The molecule has 0 unspecified atom stereocenters. The number of hydrogen-bond acceptors (Lipinski definition) is 5. The van der Waals surface area contributed by atoms with Crippen LogP contribution >= 0.6 is 11.3 Å². The van der Waals surface area contributed by atoms with E-state index in [0.29, 0.717) is 16.3 Å². The molecule has 6 nitrogen and oxygen atoms in total. The summed E-state index contributed by atoms with van der Waals surface area (Å²) in [5.41, 5.74) is 2.68. The minimum absolute atomic E-state index is 0.0509. The van der Waals surface area contributed by atoms with Crippen molar-refractivity contribution in [1.29, 1.82) is 0 Å². The second-order valence-electron chi connectivity index (χ2n) is 6.88. The van der Waals surface area contributed by atoms with Crippen molar-refractivity contribution in [2.24, 2.45) is 0 Å². The Kier molecular flexibility index (Phi) is 6.69. The Morgan fingerprint density at radius 1 is 0.900 bits per heavy atom. The van der Waals surface area contributed by atoms with Gasteiger partial charge in [0.25, 0.3) is 10.0 Å². The number of carbonyl (C=O) groups is 2. The van der Waals surface area contributed by atoms with Crippen LogP contribution < -0.4 is 10.0 Å². The molecule has 8 heteroatoms. The molecule has 0 aliphatic carbocycles. The lowest BCUT2D eigenvalue weighted by Gasteiger charge is -2.11. The molecule has 0 spiro atoms. The molecular formula is C22H22N2O4S2. The average Bonchev–Trinajstić information content (AvgIpc) is 3.23. The summed E-state index contributed by atoms with van der Waals surface area (Å²) < 4.78 is 27.8. The lowest BCUT2D eigenvalue weighted by molar-refractivity contribution is -0.116. The van der Waals surface area contributed by atoms with Crippen molar-refractivity contribution in [2.45, 2.75) is 31.6 Å². The molecular weight excluding hydrogens is 420 g/mol. The van der Waals surface area contributed by atoms with E-state index in [1.165, 1.54) is 17.4 Å². The lowest BCUT2D eigenvalue weighted by atomic mass is 10.1. The Balaban J connectivity index is 1.63. The van der Waals surface area contributed by atoms with Crippen LogP contribution in [0.4, 0.5) is 11.4 Å². The number of anilines is 2. The summed E-state index contributed by atoms with van der Waals surface area (Å²) in [6, 6.07) is 14.9. The number of Topliss-reactive ketones (excluding diaryl/α,β-unsaturated/α-hetero) is 1. The SMILES string of the molecule is Cc1ccc(S(=O)(=O)Nc2cccc(NC(=O)CCC(=O)c3cccs3)c2)cc1C. The van der Waals surface area contributed by atoms with Crippen molar-refractivity contribution in [2.75, 3.05) is 10.0 Å². The molecule has 0 aliphatic rings. The van der Waals surface area contributed by atoms with E-state index in [1.807, 2.05) is 19.2 Å². The monoisotopic (exact) mass is 442 g/mol. The van der Waals surface area contributed by atoms with Crippen molar-refractivity contribution in [3.8, 4) is 0 Å². The minimum Gasteiger partial charge on any atom is -0.326 e. The van der Waals surface area contributed by atoms with Gasteiger partial charge in [-0.3, -0.25) is 14.3 Å². The number of amides is 1. The first-order valence-corrected chi connectivity index (χ1v) is 11.7. The largest absolute Gasteiger partial charge is 0.326 e. The fourth-order valence-electron chi connectivity index (χ4n) is 2.77. The third-order valence-corrected chi connectivity index (χ3v) is 6.85. The van der Waals surface area contributed by atoms with Gasteiger partial charge in [0.05, 0.1) is 15.5 Å². The third-order valence-electron chi connectivity index (χ3n) is 4.56. The summed E-state index contributed by atoms with van der Waals surface area (Å²) in [6.07, 6.45) is 0.167. The quantitative estimate of drug-likeness (QED) is 0.492. The van der Waals surface area contributed by atoms with Crippen molar-refractivity contribution >= 4 is 44.4 Å². The number of carbonyl (C=O) groups excluding carboxylic acids is 2. The Morgan fingerprint density at radius 2 is 1.67 bits per heavy atom. The van der Waals surface area contributed by atoms with Crippen molar-refractivity contribution in [3.05, 3.63) is 76.0 Å². The summed E-state index contributed by atoms with van der Waals surface area (Å²) in [5.74, 6) is -0.385. The molecule has 3 aromatic rings. The van der Waals surface area contributed by atoms with Crippen LogP contribution in [0.25, 0.3) is 0 Å². The zero-order valence-electron chi connectivity index (χ0n) is 16.6. The summed E-state index contributed by atoms with van der Waals surface area (Å²) in [5, 5.41) is 4.52. The maximum Gasteiger partial charge on any atom is 0.261 e. The number of aryl methyl sites for hydroxylation is 2. The molecule has 0 fully saturated rings. The molecule has 2 aromatic carbocycles. The number of benzene rings is 2. The van der Waals surface area contributed by atoms with Gasteiger partial charge in [0.1, 0.15) is 0 Å². The first-order valence-electron chi connectivity index (χ1n) is 9.31. The van der Waals surface area contributed by atoms with Gasteiger partial charge in [0, 0.05) is 18.5 Å². The van der Waals surface area contributed by atoms with E-state index < -0.39 is 10.0 Å². The predicted octanol–water partition coefficient (Wildman–Crippen LogP) is 4.77. The molecule has 0 saturated carbocycles. The maximum absolute atomic E-state index is 12.7. The van der Waals surface area contributed by atoms with E-state index in [4.69, 9.17) is 0 Å². The summed E-state index contributed by atoms with van der Waals surface area (Å²) in [6.45, 7) is 3.77. The molecule has 156 valence electrons. The fourth-order valence-corrected chi connectivity index (χ4v) is 4.60. The lowest BCUT2D eigenvalue weighted by Crippen LogP contribution is -2.15. The van der Waals surface area contributed by atoms with Crippen LogP contribution in [0.2, 0.25) is 0 Å². The highest BCUT2D eigenvalue weighted by atomic mass is 32.2. The van der Waals surface area contributed by atoms with Gasteiger partial charge in [0.2, 0.25) is 5.91 Å². The van der Waals surface area contributed by atoms with Crippen molar-refractivity contribution < 1.29 is 18.0 Å². The van der Waals surface area contributed by atoms with E-state index in [1.54, 1.807) is 48.5 Å². The van der Waals surface area contributed by atoms with Gasteiger partial charge in [0.15, 0.2) is 5.78 Å². The maximum atomic E-state index is 12.7. The normalized spacial score (nSPS) is 11.1. The summed E-state index contributed by atoms with van der Waals surface area (Å²) in [7, 11) is -3.75. The number of rotatable bonds is 8. The molecule has 0 bridgehead atoms. The van der Waals surface area contributed by atoms with Gasteiger partial charge >= 0.3 is 0 Å². The van der Waals surface area contributed by atoms with Crippen LogP contribution in [-0.2, 0) is 14.8 Å². The summed E-state index contributed by atoms with van der Waals surface area (Å²) in [4.78, 5) is 25.0. The zero-order valence-corrected chi connectivity index (χ0v) is 18.3. The van der Waals surface area contributed by atoms with E-state index in [-0.39, 0.29) is 29.4 Å². The van der Waals surface area contributed by atoms with Crippen molar-refractivity contribution in [1.82, 2.24) is 0 Å². The van der Waals surface area contributed by atoms with Gasteiger partial charge in [-0.15, -0.1) is 11.3 Å². The van der Waals surface area contributed by atoms with Crippen LogP contribution in [0.15, 0.2) is 64.9 Å². The van der Waals surface area contributed by atoms with Crippen LogP contribution in [-0.4, -0.2) is 20.1 Å². The molecule has 3 rings (SSSR count). The minimum atomic E-state index is -3.75. The zero-order chi connectivity index (χ0) is 21.7. The van der Waals surface area contributed by atoms with Crippen LogP contribution in [0.5, 0.6) is 0 Å². The second kappa shape index (κ2) is 9.23. The second-order valence-corrected chi connectivity index (χ2v) is 9.51. The molecule has 1 aromatic heterocycles. The molecule has 0 aliphatic heterocycles. The molecule has 0 radical (unpaired) electrons. The molecule has 1 amide bonds. The molecule has 0 atom stereocenters.